The molecule has 0 atom stereocenters. The zero-order valence-electron chi connectivity index (χ0n) is 15.1. The van der Waals surface area contributed by atoms with Gasteiger partial charge in [0, 0.05) is 18.1 Å². The lowest BCUT2D eigenvalue weighted by atomic mass is 10.1. The Morgan fingerprint density at radius 1 is 1.08 bits per heavy atom. The lowest BCUT2D eigenvalue weighted by Gasteiger charge is -2.05. The Morgan fingerprint density at radius 2 is 1.80 bits per heavy atom. The summed E-state index contributed by atoms with van der Waals surface area (Å²) in [6.45, 7) is 4.37. The molecule has 0 spiro atoms. The Hall–Kier alpha value is -2.54. The molecule has 0 fully saturated rings. The Labute approximate surface area is 150 Å². The Bertz CT molecular complexity index is 723. The molecule has 4 heteroatoms. The zero-order chi connectivity index (χ0) is 18.1. The SMILES string of the molecule is CCCCCCCc1cn(-c2ccc(C(=O)OCC)cc2)cc1C#N. The van der Waals surface area contributed by atoms with E-state index >= 15 is 0 Å². The van der Waals surface area contributed by atoms with Crippen LogP contribution in [0, 0.1) is 11.3 Å². The molecule has 0 bridgehead atoms. The molecule has 0 unspecified atom stereocenters. The lowest BCUT2D eigenvalue weighted by molar-refractivity contribution is 0.0526. The first-order chi connectivity index (χ1) is 12.2. The molecule has 1 aromatic heterocycles. The number of ether oxygens (including phenoxy) is 1. The number of carbonyl (C=O) groups excluding carboxylic acids is 1. The monoisotopic (exact) mass is 338 g/mol. The predicted molar refractivity (Wildman–Crippen MR) is 98.9 cm³/mol. The van der Waals surface area contributed by atoms with Crippen LogP contribution in [0.3, 0.4) is 0 Å². The van der Waals surface area contributed by atoms with Crippen LogP contribution < -0.4 is 0 Å². The number of aromatic nitrogens is 1. The van der Waals surface area contributed by atoms with E-state index in [0.29, 0.717) is 12.2 Å². The first-order valence-electron chi connectivity index (χ1n) is 9.08. The van der Waals surface area contributed by atoms with E-state index in [2.05, 4.69) is 13.0 Å². The third kappa shape index (κ3) is 5.22. The van der Waals surface area contributed by atoms with E-state index in [1.54, 1.807) is 19.1 Å². The predicted octanol–water partition coefficient (Wildman–Crippen LogP) is 5.04. The van der Waals surface area contributed by atoms with Crippen molar-refractivity contribution in [2.75, 3.05) is 6.61 Å². The van der Waals surface area contributed by atoms with Crippen LogP contribution in [0.15, 0.2) is 36.7 Å². The number of nitriles is 1. The van der Waals surface area contributed by atoms with Gasteiger partial charge in [0.1, 0.15) is 6.07 Å². The first kappa shape index (κ1) is 18.8. The maximum absolute atomic E-state index is 11.7. The number of hydrogen-bond donors (Lipinski definition) is 0. The molecule has 0 saturated heterocycles. The second kappa shape index (κ2) is 9.68. The minimum absolute atomic E-state index is 0.313. The van der Waals surface area contributed by atoms with Crippen molar-refractivity contribution in [2.24, 2.45) is 0 Å². The minimum atomic E-state index is -0.313. The quantitative estimate of drug-likeness (QED) is 0.475. The van der Waals surface area contributed by atoms with Crippen molar-refractivity contribution < 1.29 is 9.53 Å². The van der Waals surface area contributed by atoms with Gasteiger partial charge < -0.3 is 9.30 Å². The molecular formula is C21H26N2O2. The fourth-order valence-corrected chi connectivity index (χ4v) is 2.85. The summed E-state index contributed by atoms with van der Waals surface area (Å²) in [7, 11) is 0. The van der Waals surface area contributed by atoms with Crippen LogP contribution in [0.2, 0.25) is 0 Å². The molecule has 0 saturated carbocycles. The van der Waals surface area contributed by atoms with Crippen LogP contribution in [0.5, 0.6) is 0 Å². The molecule has 1 heterocycles. The van der Waals surface area contributed by atoms with Crippen molar-refractivity contribution in [1.29, 1.82) is 5.26 Å². The molecule has 0 amide bonds. The third-order valence-corrected chi connectivity index (χ3v) is 4.26. The fraction of sp³-hybridized carbons (Fsp3) is 0.429. The van der Waals surface area contributed by atoms with Crippen LogP contribution in [-0.2, 0) is 11.2 Å². The average molecular weight is 338 g/mol. The summed E-state index contributed by atoms with van der Waals surface area (Å²) < 4.78 is 6.95. The standard InChI is InChI=1S/C21H26N2O2/c1-3-5-6-7-8-9-18-15-23(16-19(18)14-22)20-12-10-17(11-13-20)21(24)25-4-2/h10-13,15-16H,3-9H2,1-2H3. The first-order valence-corrected chi connectivity index (χ1v) is 9.08. The topological polar surface area (TPSA) is 55.0 Å². The highest BCUT2D eigenvalue weighted by Crippen LogP contribution is 2.19. The van der Waals surface area contributed by atoms with E-state index in [1.807, 2.05) is 29.1 Å². The number of benzene rings is 1. The van der Waals surface area contributed by atoms with Gasteiger partial charge in [-0.25, -0.2) is 4.79 Å². The van der Waals surface area contributed by atoms with Gasteiger partial charge in [0.2, 0.25) is 0 Å². The smallest absolute Gasteiger partial charge is 0.338 e. The molecule has 2 rings (SSSR count). The van der Waals surface area contributed by atoms with E-state index in [9.17, 15) is 10.1 Å². The van der Waals surface area contributed by atoms with Crippen LogP contribution >= 0.6 is 0 Å². The maximum atomic E-state index is 11.7. The summed E-state index contributed by atoms with van der Waals surface area (Å²) in [6, 6.07) is 9.54. The van der Waals surface area contributed by atoms with Crippen molar-refractivity contribution in [3.8, 4) is 11.8 Å². The molecule has 25 heavy (non-hydrogen) atoms. The van der Waals surface area contributed by atoms with Gasteiger partial charge in [-0.15, -0.1) is 0 Å². The Balaban J connectivity index is 2.07. The summed E-state index contributed by atoms with van der Waals surface area (Å²) in [5, 5.41) is 9.37. The van der Waals surface area contributed by atoms with Gasteiger partial charge >= 0.3 is 5.97 Å². The van der Waals surface area contributed by atoms with Gasteiger partial charge in [0.05, 0.1) is 17.7 Å². The van der Waals surface area contributed by atoms with Gasteiger partial charge in [-0.1, -0.05) is 32.6 Å². The van der Waals surface area contributed by atoms with Crippen LogP contribution in [0.4, 0.5) is 0 Å². The largest absolute Gasteiger partial charge is 0.462 e. The zero-order valence-corrected chi connectivity index (χ0v) is 15.1. The van der Waals surface area contributed by atoms with Gasteiger partial charge in [-0.05, 0) is 49.6 Å². The molecule has 1 aromatic carbocycles. The van der Waals surface area contributed by atoms with E-state index < -0.39 is 0 Å². The normalized spacial score (nSPS) is 10.4. The van der Waals surface area contributed by atoms with Crippen LogP contribution in [0.1, 0.15) is 67.4 Å². The fourth-order valence-electron chi connectivity index (χ4n) is 2.85. The number of aryl methyl sites for hydroxylation is 1. The van der Waals surface area contributed by atoms with Gasteiger partial charge in [0.25, 0.3) is 0 Å². The minimum Gasteiger partial charge on any atom is -0.462 e. The van der Waals surface area contributed by atoms with Crippen molar-refractivity contribution in [3.63, 3.8) is 0 Å². The summed E-state index contributed by atoms with van der Waals surface area (Å²) >= 11 is 0. The van der Waals surface area contributed by atoms with Crippen molar-refractivity contribution in [1.82, 2.24) is 4.57 Å². The molecule has 0 N–H and O–H groups in total. The number of unbranched alkanes of at least 4 members (excludes halogenated alkanes) is 4. The van der Waals surface area contributed by atoms with Crippen molar-refractivity contribution in [3.05, 3.63) is 53.3 Å². The van der Waals surface area contributed by atoms with E-state index in [0.717, 1.165) is 29.7 Å². The van der Waals surface area contributed by atoms with Gasteiger partial charge in [-0.2, -0.15) is 5.26 Å². The number of rotatable bonds is 9. The molecule has 0 aliphatic carbocycles. The molecular weight excluding hydrogens is 312 g/mol. The van der Waals surface area contributed by atoms with Crippen molar-refractivity contribution in [2.45, 2.75) is 52.4 Å². The molecule has 2 aromatic rings. The molecule has 0 aliphatic heterocycles. The Kier molecular flexibility index (Phi) is 7.28. The number of nitrogens with zero attached hydrogens (tertiary/aromatic N) is 2. The molecule has 0 radical (unpaired) electrons. The van der Waals surface area contributed by atoms with Crippen LogP contribution in [-0.4, -0.2) is 17.1 Å². The van der Waals surface area contributed by atoms with E-state index in [1.165, 1.54) is 25.7 Å². The van der Waals surface area contributed by atoms with E-state index in [4.69, 9.17) is 4.74 Å². The highest BCUT2D eigenvalue weighted by atomic mass is 16.5. The van der Waals surface area contributed by atoms with Crippen molar-refractivity contribution >= 4 is 5.97 Å². The Morgan fingerprint density at radius 3 is 2.44 bits per heavy atom. The lowest BCUT2D eigenvalue weighted by Crippen LogP contribution is -2.04. The van der Waals surface area contributed by atoms with E-state index in [-0.39, 0.29) is 5.97 Å². The summed E-state index contributed by atoms with van der Waals surface area (Å²) in [4.78, 5) is 11.7. The average Bonchev–Trinajstić information content (AvgIpc) is 3.05. The molecule has 132 valence electrons. The van der Waals surface area contributed by atoms with Gasteiger partial charge in [0.15, 0.2) is 0 Å². The second-order valence-corrected chi connectivity index (χ2v) is 6.15. The second-order valence-electron chi connectivity index (χ2n) is 6.15. The third-order valence-electron chi connectivity index (χ3n) is 4.26. The summed E-state index contributed by atoms with van der Waals surface area (Å²) in [5.74, 6) is -0.313. The highest BCUT2D eigenvalue weighted by Gasteiger charge is 2.09. The summed E-state index contributed by atoms with van der Waals surface area (Å²) in [6.07, 6.45) is 10.9. The number of carbonyl (C=O) groups is 1. The van der Waals surface area contributed by atoms with Gasteiger partial charge in [-0.3, -0.25) is 0 Å². The maximum Gasteiger partial charge on any atom is 0.338 e. The number of hydrogen-bond acceptors (Lipinski definition) is 3. The molecule has 0 aliphatic rings. The number of esters is 1. The summed E-state index contributed by atoms with van der Waals surface area (Å²) in [5.41, 5.74) is 3.29. The highest BCUT2D eigenvalue weighted by molar-refractivity contribution is 5.89. The van der Waals surface area contributed by atoms with Crippen LogP contribution in [0.25, 0.3) is 5.69 Å². The molecule has 4 nitrogen and oxygen atoms in total.